The van der Waals surface area contributed by atoms with Gasteiger partial charge in [-0.25, -0.2) is 4.98 Å². The first-order valence-corrected chi connectivity index (χ1v) is 8.72. The number of ether oxygens (including phenoxy) is 2. The van der Waals surface area contributed by atoms with Gasteiger partial charge in [0, 0.05) is 30.6 Å². The highest BCUT2D eigenvalue weighted by molar-refractivity contribution is 5.83. The summed E-state index contributed by atoms with van der Waals surface area (Å²) < 4.78 is 11.7. The van der Waals surface area contributed by atoms with Crippen molar-refractivity contribution >= 4 is 10.9 Å². The third-order valence-corrected chi connectivity index (χ3v) is 4.55. The topological polar surface area (TPSA) is 34.6 Å². The molecule has 0 fully saturated rings. The summed E-state index contributed by atoms with van der Waals surface area (Å²) in [5.74, 6) is 1.69. The lowest BCUT2D eigenvalue weighted by Crippen LogP contribution is -2.30. The maximum absolute atomic E-state index is 5.91. The van der Waals surface area contributed by atoms with Crippen molar-refractivity contribution in [2.75, 3.05) is 26.3 Å². The molecule has 0 aliphatic carbocycles. The molecule has 4 rings (SSSR count). The van der Waals surface area contributed by atoms with Gasteiger partial charge in [0.1, 0.15) is 19.0 Å². The number of fused-ring (bicyclic) bond motifs is 2. The molecule has 0 bridgehead atoms. The van der Waals surface area contributed by atoms with Crippen molar-refractivity contribution in [1.82, 2.24) is 9.88 Å². The molecule has 0 amide bonds. The fraction of sp³-hybridized carbons (Fsp3) is 0.286. The van der Waals surface area contributed by atoms with E-state index in [1.165, 1.54) is 10.9 Å². The van der Waals surface area contributed by atoms with Gasteiger partial charge in [0.15, 0.2) is 0 Å². The van der Waals surface area contributed by atoms with E-state index < -0.39 is 0 Å². The zero-order valence-electron chi connectivity index (χ0n) is 14.4. The minimum Gasteiger partial charge on any atom is -0.492 e. The largest absolute Gasteiger partial charge is 0.492 e. The van der Waals surface area contributed by atoms with Gasteiger partial charge in [-0.15, -0.1) is 0 Å². The molecule has 0 atom stereocenters. The molecule has 1 aliphatic heterocycles. The van der Waals surface area contributed by atoms with E-state index >= 15 is 0 Å². The van der Waals surface area contributed by atoms with Crippen LogP contribution in [0.5, 0.6) is 11.6 Å². The van der Waals surface area contributed by atoms with Crippen LogP contribution >= 0.6 is 0 Å². The summed E-state index contributed by atoms with van der Waals surface area (Å²) in [5, 5.41) is 1.17. The maximum atomic E-state index is 5.91. The molecule has 25 heavy (non-hydrogen) atoms. The Bertz CT molecular complexity index is 864. The van der Waals surface area contributed by atoms with Crippen molar-refractivity contribution in [3.63, 3.8) is 0 Å². The lowest BCUT2D eigenvalue weighted by atomic mass is 10.1. The zero-order valence-corrected chi connectivity index (χ0v) is 14.4. The molecule has 0 spiro atoms. The van der Waals surface area contributed by atoms with Crippen molar-refractivity contribution in [3.8, 4) is 11.6 Å². The highest BCUT2D eigenvalue weighted by Crippen LogP contribution is 2.27. The molecule has 0 saturated heterocycles. The van der Waals surface area contributed by atoms with Crippen LogP contribution in [0.2, 0.25) is 0 Å². The maximum Gasteiger partial charge on any atom is 0.218 e. The Morgan fingerprint density at radius 2 is 2.00 bits per heavy atom. The van der Waals surface area contributed by atoms with E-state index in [-0.39, 0.29) is 0 Å². The van der Waals surface area contributed by atoms with Gasteiger partial charge in [-0.05, 0) is 30.7 Å². The van der Waals surface area contributed by atoms with Crippen molar-refractivity contribution in [3.05, 3.63) is 65.7 Å². The van der Waals surface area contributed by atoms with Crippen LogP contribution in [-0.2, 0) is 6.54 Å². The molecule has 128 valence electrons. The van der Waals surface area contributed by atoms with Gasteiger partial charge in [0.2, 0.25) is 5.88 Å². The van der Waals surface area contributed by atoms with E-state index in [9.17, 15) is 0 Å². The highest BCUT2D eigenvalue weighted by Gasteiger charge is 2.17. The minimum absolute atomic E-state index is 0.655. The third-order valence-electron chi connectivity index (χ3n) is 4.55. The monoisotopic (exact) mass is 334 g/mol. The van der Waals surface area contributed by atoms with Crippen LogP contribution in [0.25, 0.3) is 10.9 Å². The van der Waals surface area contributed by atoms with Gasteiger partial charge >= 0.3 is 0 Å². The van der Waals surface area contributed by atoms with Crippen molar-refractivity contribution in [2.45, 2.75) is 13.5 Å². The van der Waals surface area contributed by atoms with Crippen molar-refractivity contribution < 1.29 is 9.47 Å². The number of pyridine rings is 1. The molecule has 0 radical (unpaired) electrons. The highest BCUT2D eigenvalue weighted by atomic mass is 16.5. The lowest BCUT2D eigenvalue weighted by Gasteiger charge is -2.19. The predicted molar refractivity (Wildman–Crippen MR) is 99.2 cm³/mol. The van der Waals surface area contributed by atoms with E-state index in [1.54, 1.807) is 0 Å². The molecule has 1 aliphatic rings. The second-order valence-corrected chi connectivity index (χ2v) is 6.39. The van der Waals surface area contributed by atoms with Crippen LogP contribution in [-0.4, -0.2) is 36.2 Å². The number of aryl methyl sites for hydroxylation is 1. The van der Waals surface area contributed by atoms with Gasteiger partial charge < -0.3 is 9.47 Å². The van der Waals surface area contributed by atoms with Gasteiger partial charge in [0.25, 0.3) is 0 Å². The number of hydrogen-bond acceptors (Lipinski definition) is 4. The second-order valence-electron chi connectivity index (χ2n) is 6.39. The van der Waals surface area contributed by atoms with Crippen LogP contribution in [0, 0.1) is 6.92 Å². The Morgan fingerprint density at radius 1 is 1.12 bits per heavy atom. The first-order chi connectivity index (χ1) is 12.3. The number of para-hydroxylation sites is 2. The van der Waals surface area contributed by atoms with Gasteiger partial charge in [-0.1, -0.05) is 36.4 Å². The average molecular weight is 334 g/mol. The smallest absolute Gasteiger partial charge is 0.218 e. The molecular weight excluding hydrogens is 312 g/mol. The predicted octanol–water partition coefficient (Wildman–Crippen LogP) is 3.82. The molecule has 4 heteroatoms. The van der Waals surface area contributed by atoms with E-state index in [2.05, 4.69) is 36.1 Å². The lowest BCUT2D eigenvalue weighted by molar-refractivity contribution is 0.185. The van der Waals surface area contributed by atoms with Gasteiger partial charge in [-0.2, -0.15) is 0 Å². The van der Waals surface area contributed by atoms with Crippen LogP contribution in [0.4, 0.5) is 0 Å². The normalized spacial score (nSPS) is 14.6. The Balaban J connectivity index is 1.47. The first kappa shape index (κ1) is 15.9. The summed E-state index contributed by atoms with van der Waals surface area (Å²) >= 11 is 0. The quantitative estimate of drug-likeness (QED) is 0.726. The average Bonchev–Trinajstić information content (AvgIpc) is 2.83. The van der Waals surface area contributed by atoms with E-state index in [0.29, 0.717) is 13.2 Å². The fourth-order valence-electron chi connectivity index (χ4n) is 3.20. The Morgan fingerprint density at radius 3 is 2.88 bits per heavy atom. The molecule has 2 aromatic carbocycles. The molecule has 2 heterocycles. The van der Waals surface area contributed by atoms with Crippen LogP contribution in [0.15, 0.2) is 54.6 Å². The van der Waals surface area contributed by atoms with Crippen LogP contribution < -0.4 is 9.47 Å². The summed E-state index contributed by atoms with van der Waals surface area (Å²) in [6.07, 6.45) is 0. The van der Waals surface area contributed by atoms with Gasteiger partial charge in [-0.3, -0.25) is 4.90 Å². The molecule has 1 aromatic heterocycles. The number of rotatable bonds is 4. The van der Waals surface area contributed by atoms with E-state index in [4.69, 9.17) is 14.5 Å². The molecule has 0 unspecified atom stereocenters. The van der Waals surface area contributed by atoms with Gasteiger partial charge in [0.05, 0.1) is 5.52 Å². The SMILES string of the molecule is Cc1cccc2cc3c(nc12)OCCN(CCOc1ccccc1)C3. The fourth-order valence-corrected chi connectivity index (χ4v) is 3.20. The molecule has 3 aromatic rings. The number of benzene rings is 2. The molecule has 4 nitrogen and oxygen atoms in total. The summed E-state index contributed by atoms with van der Waals surface area (Å²) in [4.78, 5) is 7.12. The van der Waals surface area contributed by atoms with Crippen LogP contribution in [0.3, 0.4) is 0 Å². The summed E-state index contributed by atoms with van der Waals surface area (Å²) in [5.41, 5.74) is 3.36. The number of nitrogens with zero attached hydrogens (tertiary/aromatic N) is 2. The standard InChI is InChI=1S/C21H22N2O2/c1-16-6-5-7-17-14-18-15-23(11-13-25-21(18)22-20(16)17)10-12-24-19-8-3-2-4-9-19/h2-9,14H,10-13,15H2,1H3. The zero-order chi connectivity index (χ0) is 17.1. The molecule has 0 N–H and O–H groups in total. The summed E-state index contributed by atoms with van der Waals surface area (Å²) in [6.45, 7) is 5.99. The Hall–Kier alpha value is -2.59. The second kappa shape index (κ2) is 7.11. The van der Waals surface area contributed by atoms with Crippen molar-refractivity contribution in [1.29, 1.82) is 0 Å². The van der Waals surface area contributed by atoms with Crippen LogP contribution in [0.1, 0.15) is 11.1 Å². The summed E-state index contributed by atoms with van der Waals surface area (Å²) in [6, 6.07) is 18.4. The third kappa shape index (κ3) is 3.59. The first-order valence-electron chi connectivity index (χ1n) is 8.72. The minimum atomic E-state index is 0.655. The summed E-state index contributed by atoms with van der Waals surface area (Å²) in [7, 11) is 0. The van der Waals surface area contributed by atoms with E-state index in [1.807, 2.05) is 30.3 Å². The molecule has 0 saturated carbocycles. The molecular formula is C21H22N2O2. The van der Waals surface area contributed by atoms with E-state index in [0.717, 1.165) is 42.3 Å². The number of hydrogen-bond donors (Lipinski definition) is 0. The Labute approximate surface area is 148 Å². The number of aromatic nitrogens is 1. The Kier molecular flexibility index (Phi) is 4.53. The van der Waals surface area contributed by atoms with Crippen molar-refractivity contribution in [2.24, 2.45) is 0 Å².